The molecule has 0 saturated carbocycles. The quantitative estimate of drug-likeness (QED) is 0.533. The largest absolute Gasteiger partial charge is 0.355 e. The maximum absolute atomic E-state index is 13.3. The normalized spacial score (nSPS) is 12.1. The predicted molar refractivity (Wildman–Crippen MR) is 126 cm³/mol. The van der Waals surface area contributed by atoms with Crippen LogP contribution < -0.4 is 9.62 Å². The number of carbonyl (C=O) groups excluding carboxylic acids is 2. The molecule has 0 heterocycles. The number of rotatable bonds is 10. The number of nitrogens with zero attached hydrogens (tertiary/aromatic N) is 2. The molecule has 2 aromatic carbocycles. The molecular formula is C22H28BrN3O4S. The van der Waals surface area contributed by atoms with Crippen molar-refractivity contribution >= 4 is 43.5 Å². The van der Waals surface area contributed by atoms with Gasteiger partial charge in [0.15, 0.2) is 0 Å². The molecule has 168 valence electrons. The van der Waals surface area contributed by atoms with Gasteiger partial charge in [0.25, 0.3) is 0 Å². The fourth-order valence-electron chi connectivity index (χ4n) is 3.14. The molecule has 1 unspecified atom stereocenters. The van der Waals surface area contributed by atoms with Gasteiger partial charge < -0.3 is 10.2 Å². The molecule has 0 bridgehead atoms. The Bertz CT molecular complexity index is 999. The highest BCUT2D eigenvalue weighted by Crippen LogP contribution is 2.27. The average molecular weight is 510 g/mol. The summed E-state index contributed by atoms with van der Waals surface area (Å²) < 4.78 is 26.6. The molecule has 0 aromatic heterocycles. The molecule has 7 nitrogen and oxygen atoms in total. The number of nitrogens with one attached hydrogen (secondary N) is 1. The number of para-hydroxylation sites is 1. The Morgan fingerprint density at radius 3 is 2.26 bits per heavy atom. The maximum Gasteiger partial charge on any atom is 0.244 e. The lowest BCUT2D eigenvalue weighted by molar-refractivity contribution is -0.138. The van der Waals surface area contributed by atoms with Gasteiger partial charge in [-0.1, -0.05) is 42.5 Å². The van der Waals surface area contributed by atoms with E-state index in [1.807, 2.05) is 30.3 Å². The number of amides is 2. The van der Waals surface area contributed by atoms with Gasteiger partial charge in [-0.3, -0.25) is 13.9 Å². The highest BCUT2D eigenvalue weighted by molar-refractivity contribution is 9.10. The second-order valence-electron chi connectivity index (χ2n) is 7.11. The Labute approximate surface area is 192 Å². The topological polar surface area (TPSA) is 86.8 Å². The van der Waals surface area contributed by atoms with Gasteiger partial charge in [0, 0.05) is 17.6 Å². The number of sulfonamides is 1. The highest BCUT2D eigenvalue weighted by atomic mass is 79.9. The standard InChI is InChI=1S/C22H28BrN3O4S/c1-4-24-22(28)17(2)25(15-14-18-10-6-5-7-11-18)21(27)16-26(31(3,29)30)20-13-9-8-12-19(20)23/h5-13,17H,4,14-16H2,1-3H3,(H,24,28). The van der Waals surface area contributed by atoms with E-state index < -0.39 is 28.5 Å². The first-order valence-electron chi connectivity index (χ1n) is 9.98. The highest BCUT2D eigenvalue weighted by Gasteiger charge is 2.30. The average Bonchev–Trinajstić information content (AvgIpc) is 2.73. The molecular weight excluding hydrogens is 482 g/mol. The van der Waals surface area contributed by atoms with Gasteiger partial charge >= 0.3 is 0 Å². The smallest absolute Gasteiger partial charge is 0.244 e. The summed E-state index contributed by atoms with van der Waals surface area (Å²) in [6.45, 7) is 3.78. The summed E-state index contributed by atoms with van der Waals surface area (Å²) in [6, 6.07) is 15.7. The monoisotopic (exact) mass is 509 g/mol. The molecule has 0 aliphatic rings. The van der Waals surface area contributed by atoms with Crippen molar-refractivity contribution in [2.24, 2.45) is 0 Å². The first-order valence-corrected chi connectivity index (χ1v) is 12.6. The lowest BCUT2D eigenvalue weighted by atomic mass is 10.1. The van der Waals surface area contributed by atoms with Crippen molar-refractivity contribution < 1.29 is 18.0 Å². The summed E-state index contributed by atoms with van der Waals surface area (Å²) in [7, 11) is -3.74. The Morgan fingerprint density at radius 1 is 1.06 bits per heavy atom. The molecule has 31 heavy (non-hydrogen) atoms. The van der Waals surface area contributed by atoms with E-state index in [9.17, 15) is 18.0 Å². The van der Waals surface area contributed by atoms with Crippen LogP contribution in [0.25, 0.3) is 0 Å². The van der Waals surface area contributed by atoms with Crippen molar-refractivity contribution in [3.05, 3.63) is 64.6 Å². The van der Waals surface area contributed by atoms with Crippen LogP contribution in [0.2, 0.25) is 0 Å². The third-order valence-electron chi connectivity index (χ3n) is 4.80. The predicted octanol–water partition coefficient (Wildman–Crippen LogP) is 2.81. The van der Waals surface area contributed by atoms with E-state index in [-0.39, 0.29) is 12.5 Å². The molecule has 1 N–H and O–H groups in total. The van der Waals surface area contributed by atoms with Crippen molar-refractivity contribution in [2.75, 3.05) is 30.2 Å². The summed E-state index contributed by atoms with van der Waals surface area (Å²) in [5.74, 6) is -0.730. The Kier molecular flexibility index (Phi) is 9.06. The molecule has 2 rings (SSSR count). The van der Waals surface area contributed by atoms with Crippen LogP contribution >= 0.6 is 15.9 Å². The molecule has 0 aliphatic heterocycles. The molecule has 2 amide bonds. The zero-order valence-corrected chi connectivity index (χ0v) is 20.3. The fourth-order valence-corrected chi connectivity index (χ4v) is 4.62. The molecule has 0 aliphatic carbocycles. The summed E-state index contributed by atoms with van der Waals surface area (Å²) in [5.41, 5.74) is 1.39. The van der Waals surface area contributed by atoms with E-state index >= 15 is 0 Å². The van der Waals surface area contributed by atoms with Crippen LogP contribution in [0.4, 0.5) is 5.69 Å². The Morgan fingerprint density at radius 2 is 1.68 bits per heavy atom. The van der Waals surface area contributed by atoms with E-state index in [1.54, 1.807) is 38.1 Å². The lowest BCUT2D eigenvalue weighted by Crippen LogP contribution is -2.52. The summed E-state index contributed by atoms with van der Waals surface area (Å²) in [5, 5.41) is 2.73. The second kappa shape index (κ2) is 11.3. The SMILES string of the molecule is CCNC(=O)C(C)N(CCc1ccccc1)C(=O)CN(c1ccccc1Br)S(C)(=O)=O. The number of hydrogen-bond acceptors (Lipinski definition) is 4. The van der Waals surface area contributed by atoms with Crippen LogP contribution in [0.3, 0.4) is 0 Å². The van der Waals surface area contributed by atoms with E-state index in [4.69, 9.17) is 0 Å². The van der Waals surface area contributed by atoms with Crippen LogP contribution in [0.1, 0.15) is 19.4 Å². The van der Waals surface area contributed by atoms with E-state index in [1.165, 1.54) is 4.90 Å². The Balaban J connectivity index is 2.30. The molecule has 2 aromatic rings. The molecule has 1 atom stereocenters. The molecule has 0 saturated heterocycles. The maximum atomic E-state index is 13.3. The fraction of sp³-hybridized carbons (Fsp3) is 0.364. The number of carbonyl (C=O) groups is 2. The van der Waals surface area contributed by atoms with Crippen molar-refractivity contribution in [3.63, 3.8) is 0 Å². The minimum atomic E-state index is -3.74. The van der Waals surface area contributed by atoms with Gasteiger partial charge in [-0.05, 0) is 53.9 Å². The van der Waals surface area contributed by atoms with Gasteiger partial charge in [0.1, 0.15) is 12.6 Å². The van der Waals surface area contributed by atoms with E-state index in [0.29, 0.717) is 23.1 Å². The third kappa shape index (κ3) is 7.07. The summed E-state index contributed by atoms with van der Waals surface area (Å²) in [6.07, 6.45) is 1.60. The van der Waals surface area contributed by atoms with Crippen LogP contribution in [-0.2, 0) is 26.0 Å². The van der Waals surface area contributed by atoms with Crippen molar-refractivity contribution in [1.29, 1.82) is 0 Å². The van der Waals surface area contributed by atoms with E-state index in [2.05, 4.69) is 21.2 Å². The van der Waals surface area contributed by atoms with Crippen LogP contribution in [0.15, 0.2) is 59.1 Å². The van der Waals surface area contributed by atoms with E-state index in [0.717, 1.165) is 16.1 Å². The number of anilines is 1. The number of likely N-dealkylation sites (N-methyl/N-ethyl adjacent to an activating group) is 1. The molecule has 9 heteroatoms. The van der Waals surface area contributed by atoms with Crippen LogP contribution in [0, 0.1) is 0 Å². The van der Waals surface area contributed by atoms with Crippen molar-refractivity contribution in [3.8, 4) is 0 Å². The molecule has 0 spiro atoms. The van der Waals surface area contributed by atoms with Crippen LogP contribution in [-0.4, -0.2) is 57.1 Å². The van der Waals surface area contributed by atoms with Gasteiger partial charge in [-0.15, -0.1) is 0 Å². The zero-order chi connectivity index (χ0) is 23.0. The van der Waals surface area contributed by atoms with Gasteiger partial charge in [-0.25, -0.2) is 8.42 Å². The number of benzene rings is 2. The van der Waals surface area contributed by atoms with Crippen molar-refractivity contribution in [1.82, 2.24) is 10.2 Å². The lowest BCUT2D eigenvalue weighted by Gasteiger charge is -2.31. The third-order valence-corrected chi connectivity index (χ3v) is 6.60. The summed E-state index contributed by atoms with van der Waals surface area (Å²) in [4.78, 5) is 27.2. The Hall–Kier alpha value is -2.39. The van der Waals surface area contributed by atoms with Gasteiger partial charge in [-0.2, -0.15) is 0 Å². The van der Waals surface area contributed by atoms with Gasteiger partial charge in [0.2, 0.25) is 21.8 Å². The molecule has 0 radical (unpaired) electrons. The number of hydrogen-bond donors (Lipinski definition) is 1. The van der Waals surface area contributed by atoms with Gasteiger partial charge in [0.05, 0.1) is 11.9 Å². The number of halogens is 1. The minimum Gasteiger partial charge on any atom is -0.355 e. The first kappa shape index (κ1) is 24.9. The molecule has 0 fully saturated rings. The first-order chi connectivity index (χ1) is 14.6. The zero-order valence-electron chi connectivity index (χ0n) is 17.9. The minimum absolute atomic E-state index is 0.282. The summed E-state index contributed by atoms with van der Waals surface area (Å²) >= 11 is 3.36. The second-order valence-corrected chi connectivity index (χ2v) is 9.88. The van der Waals surface area contributed by atoms with Crippen molar-refractivity contribution in [2.45, 2.75) is 26.3 Å². The van der Waals surface area contributed by atoms with Crippen LogP contribution in [0.5, 0.6) is 0 Å².